The predicted octanol–water partition coefficient (Wildman–Crippen LogP) is 3.35. The number of nitrogens with zero attached hydrogens (tertiary/aromatic N) is 2. The number of alkyl halides is 5. The standard InChI is InChI=1S/C15H13F5N2O2/c1-24-8-4-2-7(3-5-8)6-22-12-9(13(23)11(17)10(12)16)14(21-22)15(18,19)20/h2-5,10-11,13,23H,6H2,1H3. The molecule has 3 atom stereocenters. The quantitative estimate of drug-likeness (QED) is 0.866. The minimum atomic E-state index is -4.92. The number of ether oxygens (including phenoxy) is 1. The third-order valence-electron chi connectivity index (χ3n) is 3.93. The van der Waals surface area contributed by atoms with Crippen LogP contribution in [-0.4, -0.2) is 28.2 Å². The fraction of sp³-hybridized carbons (Fsp3) is 0.400. The lowest BCUT2D eigenvalue weighted by molar-refractivity contribution is -0.143. The second kappa shape index (κ2) is 5.73. The molecule has 1 aliphatic rings. The second-order valence-electron chi connectivity index (χ2n) is 5.44. The molecule has 1 N–H and O–H groups in total. The van der Waals surface area contributed by atoms with Crippen molar-refractivity contribution >= 4 is 0 Å². The first kappa shape index (κ1) is 16.7. The summed E-state index contributed by atoms with van der Waals surface area (Å²) >= 11 is 0. The Hall–Kier alpha value is -2.16. The Morgan fingerprint density at radius 2 is 1.83 bits per heavy atom. The molecule has 4 nitrogen and oxygen atoms in total. The lowest BCUT2D eigenvalue weighted by Gasteiger charge is -2.12. The SMILES string of the molecule is COc1ccc(Cn2nc(C(F)(F)F)c3c2C(F)C(F)C3O)cc1. The van der Waals surface area contributed by atoms with Gasteiger partial charge in [-0.2, -0.15) is 18.3 Å². The van der Waals surface area contributed by atoms with Crippen LogP contribution in [0.1, 0.15) is 34.8 Å². The summed E-state index contributed by atoms with van der Waals surface area (Å²) in [4.78, 5) is 0. The van der Waals surface area contributed by atoms with Crippen molar-refractivity contribution in [1.29, 1.82) is 0 Å². The monoisotopic (exact) mass is 348 g/mol. The highest BCUT2D eigenvalue weighted by Gasteiger charge is 2.51. The lowest BCUT2D eigenvalue weighted by atomic mass is 10.1. The molecular formula is C15H13F5N2O2. The maximum atomic E-state index is 14.1. The van der Waals surface area contributed by atoms with Gasteiger partial charge in [0.15, 0.2) is 18.0 Å². The maximum Gasteiger partial charge on any atom is 0.435 e. The average molecular weight is 348 g/mol. The minimum absolute atomic E-state index is 0.192. The van der Waals surface area contributed by atoms with E-state index in [1.54, 1.807) is 24.3 Å². The number of hydrogen-bond acceptors (Lipinski definition) is 3. The Bertz CT molecular complexity index is 742. The number of rotatable bonds is 3. The van der Waals surface area contributed by atoms with Gasteiger partial charge < -0.3 is 9.84 Å². The van der Waals surface area contributed by atoms with Gasteiger partial charge in [-0.3, -0.25) is 4.68 Å². The number of aromatic nitrogens is 2. The summed E-state index contributed by atoms with van der Waals surface area (Å²) < 4.78 is 72.7. The van der Waals surface area contributed by atoms with Crippen molar-refractivity contribution < 1.29 is 31.8 Å². The third kappa shape index (κ3) is 2.62. The van der Waals surface area contributed by atoms with Gasteiger partial charge in [-0.25, -0.2) is 8.78 Å². The van der Waals surface area contributed by atoms with Crippen LogP contribution >= 0.6 is 0 Å². The van der Waals surface area contributed by atoms with Gasteiger partial charge in [-0.15, -0.1) is 0 Å². The van der Waals surface area contributed by atoms with E-state index >= 15 is 0 Å². The molecule has 9 heteroatoms. The van der Waals surface area contributed by atoms with Crippen LogP contribution in [0.25, 0.3) is 0 Å². The summed E-state index contributed by atoms with van der Waals surface area (Å²) in [6.07, 6.45) is -11.9. The van der Waals surface area contributed by atoms with Gasteiger partial charge in [0.2, 0.25) is 0 Å². The van der Waals surface area contributed by atoms with Crippen LogP contribution in [0, 0.1) is 0 Å². The van der Waals surface area contributed by atoms with Crippen molar-refractivity contribution in [2.45, 2.75) is 31.2 Å². The molecule has 1 aliphatic carbocycles. The minimum Gasteiger partial charge on any atom is -0.497 e. The van der Waals surface area contributed by atoms with Gasteiger partial charge in [-0.1, -0.05) is 12.1 Å². The van der Waals surface area contributed by atoms with Crippen molar-refractivity contribution in [1.82, 2.24) is 9.78 Å². The fourth-order valence-corrected chi connectivity index (χ4v) is 2.78. The summed E-state index contributed by atoms with van der Waals surface area (Å²) in [7, 11) is 1.46. The zero-order chi connectivity index (χ0) is 17.6. The molecule has 130 valence electrons. The van der Waals surface area contributed by atoms with Crippen molar-refractivity contribution in [3.8, 4) is 5.75 Å². The molecule has 0 amide bonds. The van der Waals surface area contributed by atoms with Crippen molar-refractivity contribution in [3.63, 3.8) is 0 Å². The largest absolute Gasteiger partial charge is 0.497 e. The Morgan fingerprint density at radius 3 is 2.38 bits per heavy atom. The Balaban J connectivity index is 2.04. The van der Waals surface area contributed by atoms with E-state index in [4.69, 9.17) is 4.74 Å². The Labute approximate surface area is 133 Å². The lowest BCUT2D eigenvalue weighted by Crippen LogP contribution is -2.17. The number of halogens is 5. The van der Waals surface area contributed by atoms with Gasteiger partial charge in [-0.05, 0) is 17.7 Å². The van der Waals surface area contributed by atoms with E-state index in [1.807, 2.05) is 0 Å². The van der Waals surface area contributed by atoms with Gasteiger partial charge in [0.25, 0.3) is 0 Å². The summed E-state index contributed by atoms with van der Waals surface area (Å²) in [6, 6.07) is 6.32. The molecule has 0 fully saturated rings. The molecule has 1 aromatic carbocycles. The van der Waals surface area contributed by atoms with Crippen LogP contribution in [0.3, 0.4) is 0 Å². The van der Waals surface area contributed by atoms with E-state index in [0.29, 0.717) is 11.3 Å². The highest BCUT2D eigenvalue weighted by atomic mass is 19.4. The molecule has 0 saturated carbocycles. The summed E-state index contributed by atoms with van der Waals surface area (Å²) in [6.45, 7) is -0.192. The molecule has 24 heavy (non-hydrogen) atoms. The summed E-state index contributed by atoms with van der Waals surface area (Å²) in [5, 5.41) is 13.0. The third-order valence-corrected chi connectivity index (χ3v) is 3.93. The van der Waals surface area contributed by atoms with Crippen molar-refractivity contribution in [2.24, 2.45) is 0 Å². The van der Waals surface area contributed by atoms with Crippen LogP contribution in [-0.2, 0) is 12.7 Å². The van der Waals surface area contributed by atoms with E-state index in [9.17, 15) is 27.1 Å². The van der Waals surface area contributed by atoms with Crippen LogP contribution in [0.15, 0.2) is 24.3 Å². The van der Waals surface area contributed by atoms with Crippen LogP contribution < -0.4 is 4.74 Å². The first-order valence-electron chi connectivity index (χ1n) is 7.01. The smallest absolute Gasteiger partial charge is 0.435 e. The van der Waals surface area contributed by atoms with Gasteiger partial charge >= 0.3 is 6.18 Å². The molecule has 0 bridgehead atoms. The molecule has 0 spiro atoms. The molecule has 1 heterocycles. The molecule has 0 aliphatic heterocycles. The number of aliphatic hydroxyl groups excluding tert-OH is 1. The highest BCUT2D eigenvalue weighted by Crippen LogP contribution is 2.48. The van der Waals surface area contributed by atoms with E-state index < -0.39 is 41.6 Å². The first-order chi connectivity index (χ1) is 11.2. The predicted molar refractivity (Wildman–Crippen MR) is 73.0 cm³/mol. The van der Waals surface area contributed by atoms with Crippen LogP contribution in [0.5, 0.6) is 5.75 Å². The number of aliphatic hydroxyl groups is 1. The van der Waals surface area contributed by atoms with Crippen molar-refractivity contribution in [3.05, 3.63) is 46.8 Å². The highest BCUT2D eigenvalue weighted by molar-refractivity contribution is 5.39. The molecule has 2 aromatic rings. The van der Waals surface area contributed by atoms with E-state index in [2.05, 4.69) is 5.10 Å². The summed E-state index contributed by atoms with van der Waals surface area (Å²) in [5.74, 6) is 0.544. The average Bonchev–Trinajstić information content (AvgIpc) is 3.01. The number of hydrogen-bond donors (Lipinski definition) is 1. The van der Waals surface area contributed by atoms with Crippen LogP contribution in [0.4, 0.5) is 22.0 Å². The maximum absolute atomic E-state index is 14.1. The van der Waals surface area contributed by atoms with E-state index in [-0.39, 0.29) is 6.54 Å². The first-order valence-corrected chi connectivity index (χ1v) is 7.01. The number of methoxy groups -OCH3 is 1. The fourth-order valence-electron chi connectivity index (χ4n) is 2.78. The van der Waals surface area contributed by atoms with Crippen molar-refractivity contribution in [2.75, 3.05) is 7.11 Å². The Morgan fingerprint density at radius 1 is 1.21 bits per heavy atom. The molecule has 0 radical (unpaired) electrons. The number of fused-ring (bicyclic) bond motifs is 1. The molecule has 3 unspecified atom stereocenters. The molecule has 1 aromatic heterocycles. The normalized spacial score (nSPS) is 23.4. The van der Waals surface area contributed by atoms with E-state index in [1.165, 1.54) is 7.11 Å². The number of benzene rings is 1. The zero-order valence-electron chi connectivity index (χ0n) is 12.4. The van der Waals surface area contributed by atoms with E-state index in [0.717, 1.165) is 4.68 Å². The van der Waals surface area contributed by atoms with Gasteiger partial charge in [0, 0.05) is 5.56 Å². The topological polar surface area (TPSA) is 47.3 Å². The zero-order valence-corrected chi connectivity index (χ0v) is 12.4. The molecule has 0 saturated heterocycles. The second-order valence-corrected chi connectivity index (χ2v) is 5.44. The molecule has 3 rings (SSSR count). The van der Waals surface area contributed by atoms with Gasteiger partial charge in [0.1, 0.15) is 11.9 Å². The van der Waals surface area contributed by atoms with Crippen LogP contribution in [0.2, 0.25) is 0 Å². The molecular weight excluding hydrogens is 335 g/mol. The Kier molecular flexibility index (Phi) is 3.98. The summed E-state index contributed by atoms with van der Waals surface area (Å²) in [5.41, 5.74) is -2.32. The van der Waals surface area contributed by atoms with Gasteiger partial charge in [0.05, 0.1) is 19.3 Å².